The summed E-state index contributed by atoms with van der Waals surface area (Å²) in [6.45, 7) is 5.48. The van der Waals surface area contributed by atoms with Gasteiger partial charge in [-0.2, -0.15) is 5.10 Å². The maximum absolute atomic E-state index is 12.4. The zero-order valence-corrected chi connectivity index (χ0v) is 18.6. The Balaban J connectivity index is 2.26. The van der Waals surface area contributed by atoms with Gasteiger partial charge in [-0.3, -0.25) is 5.01 Å². The number of rotatable bonds is 10. The quantitative estimate of drug-likeness (QED) is 0.347. The summed E-state index contributed by atoms with van der Waals surface area (Å²) in [7, 11) is 7.09. The number of hydrogen-bond acceptors (Lipinski definition) is 9. The highest BCUT2D eigenvalue weighted by atomic mass is 16.5. The third-order valence-electron chi connectivity index (χ3n) is 4.56. The van der Waals surface area contributed by atoms with E-state index in [4.69, 9.17) is 14.2 Å². The molecule has 0 saturated carbocycles. The number of anilines is 2. The number of benzene rings is 1. The molecule has 0 amide bonds. The third kappa shape index (κ3) is 6.55. The van der Waals surface area contributed by atoms with Crippen LogP contribution in [0.3, 0.4) is 0 Å². The van der Waals surface area contributed by atoms with Gasteiger partial charge in [-0.15, -0.1) is 0 Å². The zero-order chi connectivity index (χ0) is 21.9. The second-order valence-electron chi connectivity index (χ2n) is 6.77. The number of hydrogen-bond donors (Lipinski definition) is 1. The third-order valence-corrected chi connectivity index (χ3v) is 4.56. The summed E-state index contributed by atoms with van der Waals surface area (Å²) in [6, 6.07) is 5.96. The largest absolute Gasteiger partial charge is 0.494 e. The van der Waals surface area contributed by atoms with E-state index in [0.29, 0.717) is 31.2 Å². The maximum Gasteiger partial charge on any atom is 0.356 e. The minimum absolute atomic E-state index is 0.287. The molecule has 1 aliphatic heterocycles. The molecule has 1 aromatic rings. The van der Waals surface area contributed by atoms with E-state index in [9.17, 15) is 4.79 Å². The Bertz CT molecular complexity index is 747. The van der Waals surface area contributed by atoms with Crippen LogP contribution >= 0.6 is 0 Å². The number of hydrazone groups is 1. The molecule has 9 nitrogen and oxygen atoms in total. The Labute approximate surface area is 178 Å². The highest BCUT2D eigenvalue weighted by Crippen LogP contribution is 2.32. The van der Waals surface area contributed by atoms with Gasteiger partial charge in [-0.1, -0.05) is 0 Å². The van der Waals surface area contributed by atoms with E-state index >= 15 is 0 Å². The van der Waals surface area contributed by atoms with Gasteiger partial charge >= 0.3 is 5.97 Å². The van der Waals surface area contributed by atoms with Gasteiger partial charge in [0.1, 0.15) is 11.4 Å². The maximum atomic E-state index is 12.4. The predicted octanol–water partition coefficient (Wildman–Crippen LogP) is 1.51. The first-order valence-corrected chi connectivity index (χ1v) is 10.0. The second-order valence-corrected chi connectivity index (χ2v) is 6.77. The van der Waals surface area contributed by atoms with Gasteiger partial charge in [0, 0.05) is 58.4 Å². The van der Waals surface area contributed by atoms with E-state index in [0.717, 1.165) is 24.5 Å². The number of morpholine rings is 1. The molecule has 0 bridgehead atoms. The number of methoxy groups -OCH3 is 1. The van der Waals surface area contributed by atoms with Gasteiger partial charge in [0.25, 0.3) is 0 Å². The van der Waals surface area contributed by atoms with Crippen molar-refractivity contribution in [2.24, 2.45) is 5.10 Å². The average molecular weight is 420 g/mol. The van der Waals surface area contributed by atoms with Gasteiger partial charge in [0.05, 0.1) is 33.5 Å². The Morgan fingerprint density at radius 2 is 2.07 bits per heavy atom. The molecule has 1 N–H and O–H groups in total. The van der Waals surface area contributed by atoms with Crippen LogP contribution < -0.4 is 20.0 Å². The van der Waals surface area contributed by atoms with Crippen LogP contribution in [0.25, 0.3) is 0 Å². The number of carbonyl (C=O) groups excluding carboxylic acids is 1. The molecule has 1 aliphatic rings. The van der Waals surface area contributed by atoms with Crippen molar-refractivity contribution in [2.75, 3.05) is 77.6 Å². The number of nitrogens with zero attached hydrogens (tertiary/aromatic N) is 4. The topological polar surface area (TPSA) is 78.9 Å². The van der Waals surface area contributed by atoms with E-state index in [1.807, 2.05) is 43.4 Å². The molecule has 0 unspecified atom stereocenters. The molecule has 0 radical (unpaired) electrons. The standard InChI is InChI=1S/C21H33N5O4/c1-6-30-21(27)18(16-24(3)10-9-22-2)23-25(4)19-8-7-17(15-20(19)28-5)26-11-13-29-14-12-26/h7-10,15,22H,6,11-14,16H2,1-5H3/b10-9-,23-18-. The monoisotopic (exact) mass is 419 g/mol. The molecule has 0 aliphatic carbocycles. The summed E-state index contributed by atoms with van der Waals surface area (Å²) >= 11 is 0. The molecule has 0 aromatic heterocycles. The normalized spacial score (nSPS) is 14.6. The molecule has 166 valence electrons. The molecule has 1 saturated heterocycles. The van der Waals surface area contributed by atoms with Crippen molar-refractivity contribution in [1.29, 1.82) is 0 Å². The number of esters is 1. The second kappa shape index (κ2) is 11.9. The van der Waals surface area contributed by atoms with Gasteiger partial charge in [0.2, 0.25) is 0 Å². The fraction of sp³-hybridized carbons (Fsp3) is 0.524. The molecule has 9 heteroatoms. The van der Waals surface area contributed by atoms with Crippen LogP contribution in [0, 0.1) is 0 Å². The van der Waals surface area contributed by atoms with Crippen LogP contribution in [0.5, 0.6) is 5.75 Å². The molecular weight excluding hydrogens is 386 g/mol. The lowest BCUT2D eigenvalue weighted by Gasteiger charge is -2.29. The Morgan fingerprint density at radius 3 is 2.70 bits per heavy atom. The molecule has 0 spiro atoms. The summed E-state index contributed by atoms with van der Waals surface area (Å²) in [6.07, 6.45) is 3.60. The Kier molecular flexibility index (Phi) is 9.27. The number of carbonyl (C=O) groups is 1. The molecule has 1 aromatic carbocycles. The van der Waals surface area contributed by atoms with Crippen molar-refractivity contribution < 1.29 is 19.0 Å². The molecule has 2 rings (SSSR count). The van der Waals surface area contributed by atoms with Crippen molar-refractivity contribution in [2.45, 2.75) is 6.92 Å². The first-order chi connectivity index (χ1) is 14.5. The SMILES string of the molecule is CCOC(=O)/C(CN(C)/C=C\NC)=N\N(C)c1ccc(N2CCOCC2)cc1OC. The van der Waals surface area contributed by atoms with Crippen molar-refractivity contribution in [1.82, 2.24) is 10.2 Å². The fourth-order valence-corrected chi connectivity index (χ4v) is 3.03. The molecular formula is C21H33N5O4. The summed E-state index contributed by atoms with van der Waals surface area (Å²) in [5.41, 5.74) is 2.12. The average Bonchev–Trinajstić information content (AvgIpc) is 2.77. The molecule has 1 fully saturated rings. The van der Waals surface area contributed by atoms with Crippen molar-refractivity contribution in [3.8, 4) is 5.75 Å². The summed E-state index contributed by atoms with van der Waals surface area (Å²) in [4.78, 5) is 16.5. The molecule has 1 heterocycles. The minimum Gasteiger partial charge on any atom is -0.494 e. The van der Waals surface area contributed by atoms with Crippen molar-refractivity contribution >= 4 is 23.1 Å². The highest BCUT2D eigenvalue weighted by Gasteiger charge is 2.19. The van der Waals surface area contributed by atoms with Crippen molar-refractivity contribution in [3.05, 3.63) is 30.6 Å². The van der Waals surface area contributed by atoms with E-state index in [1.54, 1.807) is 32.3 Å². The molecule has 30 heavy (non-hydrogen) atoms. The highest BCUT2D eigenvalue weighted by molar-refractivity contribution is 6.37. The number of nitrogens with one attached hydrogen (secondary N) is 1. The van der Waals surface area contributed by atoms with Crippen LogP contribution in [-0.2, 0) is 14.3 Å². The lowest BCUT2D eigenvalue weighted by atomic mass is 10.2. The Morgan fingerprint density at radius 1 is 1.33 bits per heavy atom. The van der Waals surface area contributed by atoms with E-state index in [2.05, 4.69) is 15.3 Å². The van der Waals surface area contributed by atoms with Crippen LogP contribution in [-0.4, -0.2) is 84.3 Å². The first kappa shape index (κ1) is 23.3. The smallest absolute Gasteiger partial charge is 0.356 e. The predicted molar refractivity (Wildman–Crippen MR) is 119 cm³/mol. The zero-order valence-electron chi connectivity index (χ0n) is 18.6. The lowest BCUT2D eigenvalue weighted by molar-refractivity contribution is -0.135. The van der Waals surface area contributed by atoms with Gasteiger partial charge in [-0.05, 0) is 19.1 Å². The van der Waals surface area contributed by atoms with Gasteiger partial charge < -0.3 is 29.3 Å². The van der Waals surface area contributed by atoms with Crippen LogP contribution in [0.1, 0.15) is 6.92 Å². The Hall–Kier alpha value is -2.94. The van der Waals surface area contributed by atoms with Gasteiger partial charge in [-0.25, -0.2) is 4.79 Å². The summed E-state index contributed by atoms with van der Waals surface area (Å²) in [5, 5.41) is 9.10. The van der Waals surface area contributed by atoms with E-state index in [1.165, 1.54) is 0 Å². The van der Waals surface area contributed by atoms with Crippen LogP contribution in [0.2, 0.25) is 0 Å². The first-order valence-electron chi connectivity index (χ1n) is 10.0. The van der Waals surface area contributed by atoms with E-state index < -0.39 is 5.97 Å². The fourth-order valence-electron chi connectivity index (χ4n) is 3.03. The minimum atomic E-state index is -0.446. The molecule has 0 atom stereocenters. The van der Waals surface area contributed by atoms with Crippen LogP contribution in [0.4, 0.5) is 11.4 Å². The van der Waals surface area contributed by atoms with Crippen LogP contribution in [0.15, 0.2) is 35.7 Å². The summed E-state index contributed by atoms with van der Waals surface area (Å²) < 4.78 is 16.2. The number of ether oxygens (including phenoxy) is 3. The van der Waals surface area contributed by atoms with Gasteiger partial charge in [0.15, 0.2) is 5.71 Å². The summed E-state index contributed by atoms with van der Waals surface area (Å²) in [5.74, 6) is 0.231. The lowest BCUT2D eigenvalue weighted by Crippen LogP contribution is -2.36. The van der Waals surface area contributed by atoms with Crippen molar-refractivity contribution in [3.63, 3.8) is 0 Å². The van der Waals surface area contributed by atoms with E-state index in [-0.39, 0.29) is 6.61 Å².